The lowest BCUT2D eigenvalue weighted by Crippen LogP contribution is -2.60. The van der Waals surface area contributed by atoms with Crippen LogP contribution in [0.15, 0.2) is 41.2 Å². The Bertz CT molecular complexity index is 1210. The Balaban J connectivity index is 1.37. The number of aromatic nitrogens is 2. The average Bonchev–Trinajstić information content (AvgIpc) is 3.08. The van der Waals surface area contributed by atoms with Crippen molar-refractivity contribution in [3.8, 4) is 0 Å². The zero-order chi connectivity index (χ0) is 26.1. The third-order valence-corrected chi connectivity index (χ3v) is 9.99. The smallest absolute Gasteiger partial charge is 0.381 e. The Kier molecular flexibility index (Phi) is 5.87. The summed E-state index contributed by atoms with van der Waals surface area (Å²) in [5.74, 6) is -1.31. The van der Waals surface area contributed by atoms with E-state index in [2.05, 4.69) is 9.97 Å². The third kappa shape index (κ3) is 3.70. The topological polar surface area (TPSA) is 97.2 Å². The fourth-order valence-corrected chi connectivity index (χ4v) is 8.11. The van der Waals surface area contributed by atoms with Gasteiger partial charge in [0.05, 0.1) is 5.75 Å². The molecule has 6 atom stereocenters. The molecule has 4 aliphatic carbocycles. The highest BCUT2D eigenvalue weighted by Crippen LogP contribution is 2.66. The van der Waals surface area contributed by atoms with E-state index >= 15 is 0 Å². The van der Waals surface area contributed by atoms with Crippen LogP contribution < -0.4 is 0 Å². The van der Waals surface area contributed by atoms with Crippen molar-refractivity contribution >= 4 is 29.1 Å². The van der Waals surface area contributed by atoms with Crippen molar-refractivity contribution in [1.29, 1.82) is 0 Å². The number of halogens is 3. The first-order chi connectivity index (χ1) is 16.8. The summed E-state index contributed by atoms with van der Waals surface area (Å²) in [5.41, 5.74) is -3.40. The molecule has 1 aromatic heterocycles. The summed E-state index contributed by atoms with van der Waals surface area (Å²) in [6.07, 6.45) is 3.57. The van der Waals surface area contributed by atoms with Crippen molar-refractivity contribution in [3.05, 3.63) is 41.8 Å². The molecule has 192 valence electrons. The van der Waals surface area contributed by atoms with Gasteiger partial charge in [-0.1, -0.05) is 37.3 Å². The number of nitrogens with zero attached hydrogens (tertiary/aromatic N) is 2. The zero-order valence-corrected chi connectivity index (χ0v) is 20.8. The summed E-state index contributed by atoms with van der Waals surface area (Å²) < 4.78 is 38.9. The van der Waals surface area contributed by atoms with E-state index in [9.17, 15) is 32.7 Å². The van der Waals surface area contributed by atoms with Crippen LogP contribution in [0.3, 0.4) is 0 Å². The summed E-state index contributed by atoms with van der Waals surface area (Å²) in [4.78, 5) is 46.2. The fraction of sp³-hybridized carbons (Fsp3) is 0.577. The molecule has 1 N–H and O–H groups in total. The van der Waals surface area contributed by atoms with Gasteiger partial charge in [0.15, 0.2) is 16.7 Å². The summed E-state index contributed by atoms with van der Waals surface area (Å²) in [5, 5.41) is 11.5. The van der Waals surface area contributed by atoms with E-state index < -0.39 is 34.1 Å². The van der Waals surface area contributed by atoms with Gasteiger partial charge in [-0.05, 0) is 55.7 Å². The number of thioether (sulfide) groups is 1. The van der Waals surface area contributed by atoms with Crippen molar-refractivity contribution in [2.24, 2.45) is 28.6 Å². The number of carbonyl (C=O) groups is 3. The van der Waals surface area contributed by atoms with E-state index in [1.54, 1.807) is 13.0 Å². The second kappa shape index (κ2) is 8.34. The molecule has 36 heavy (non-hydrogen) atoms. The maximum atomic E-state index is 13.6. The van der Waals surface area contributed by atoms with Gasteiger partial charge in [-0.15, -0.1) is 0 Å². The molecular weight excluding hydrogens is 493 g/mol. The normalized spacial score (nSPS) is 37.7. The second-order valence-corrected chi connectivity index (χ2v) is 11.8. The van der Waals surface area contributed by atoms with Gasteiger partial charge in [0.25, 0.3) is 0 Å². The molecule has 0 spiro atoms. The average molecular weight is 521 g/mol. The molecule has 0 aliphatic heterocycles. The van der Waals surface area contributed by atoms with Crippen molar-refractivity contribution in [2.45, 2.75) is 62.9 Å². The first-order valence-electron chi connectivity index (χ1n) is 12.1. The largest absolute Gasteiger partial charge is 0.433 e. The number of fused-ring (bicyclic) bond motifs is 5. The molecule has 5 unspecified atom stereocenters. The molecule has 0 bridgehead atoms. The van der Waals surface area contributed by atoms with Gasteiger partial charge in [0, 0.05) is 29.4 Å². The molecule has 3 saturated carbocycles. The minimum atomic E-state index is -4.63. The van der Waals surface area contributed by atoms with Crippen molar-refractivity contribution in [3.63, 3.8) is 0 Å². The molecule has 0 radical (unpaired) electrons. The Hall–Kier alpha value is -2.33. The molecule has 4 aliphatic rings. The van der Waals surface area contributed by atoms with Crippen LogP contribution in [-0.2, 0) is 20.6 Å². The van der Waals surface area contributed by atoms with Crippen LogP contribution in [0.4, 0.5) is 13.2 Å². The predicted molar refractivity (Wildman–Crippen MR) is 125 cm³/mol. The van der Waals surface area contributed by atoms with Gasteiger partial charge in [0.2, 0.25) is 0 Å². The van der Waals surface area contributed by atoms with Gasteiger partial charge < -0.3 is 5.11 Å². The number of ketones is 3. The van der Waals surface area contributed by atoms with Crippen LogP contribution in [0.5, 0.6) is 0 Å². The zero-order valence-electron chi connectivity index (χ0n) is 20.0. The number of allylic oxidation sites excluding steroid dienone is 4. The lowest BCUT2D eigenvalue weighted by atomic mass is 9.46. The van der Waals surface area contributed by atoms with Crippen molar-refractivity contribution < 1.29 is 32.7 Å². The monoisotopic (exact) mass is 520 g/mol. The van der Waals surface area contributed by atoms with E-state index in [1.807, 2.05) is 13.0 Å². The molecule has 0 aromatic carbocycles. The van der Waals surface area contributed by atoms with E-state index in [4.69, 9.17) is 0 Å². The highest BCUT2D eigenvalue weighted by Gasteiger charge is 2.68. The Morgan fingerprint density at radius 2 is 2.00 bits per heavy atom. The number of carbonyl (C=O) groups excluding carboxylic acids is 3. The molecule has 0 saturated heterocycles. The first-order valence-corrected chi connectivity index (χ1v) is 13.0. The number of hydrogen-bond donors (Lipinski definition) is 1. The minimum Gasteiger partial charge on any atom is -0.381 e. The Morgan fingerprint density at radius 1 is 1.25 bits per heavy atom. The molecule has 0 amide bonds. The lowest BCUT2D eigenvalue weighted by Gasteiger charge is -2.56. The number of rotatable bonds is 4. The quantitative estimate of drug-likeness (QED) is 0.465. The Labute approximate surface area is 210 Å². The third-order valence-electron chi connectivity index (χ3n) is 9.13. The molecule has 10 heteroatoms. The SMILES string of the molecule is CC12C=CC(=O)C=C1CCC1C2C(=O)CC2(C)C1CC[C@]2(O)C(=O)CSc1nccc(C(F)(F)F)n1. The summed E-state index contributed by atoms with van der Waals surface area (Å²) in [6.45, 7) is 3.80. The van der Waals surface area contributed by atoms with Gasteiger partial charge in [-0.3, -0.25) is 14.4 Å². The number of aliphatic hydroxyl groups is 1. The van der Waals surface area contributed by atoms with Crippen LogP contribution in [0, 0.1) is 28.6 Å². The maximum Gasteiger partial charge on any atom is 0.433 e. The molecule has 1 aromatic rings. The van der Waals surface area contributed by atoms with Crippen LogP contribution in [-0.4, -0.2) is 43.8 Å². The minimum absolute atomic E-state index is 0.0205. The number of hydrogen-bond acceptors (Lipinski definition) is 7. The van der Waals surface area contributed by atoms with E-state index in [0.29, 0.717) is 19.3 Å². The lowest BCUT2D eigenvalue weighted by molar-refractivity contribution is -0.165. The highest BCUT2D eigenvalue weighted by molar-refractivity contribution is 7.99. The number of alkyl halides is 3. The van der Waals surface area contributed by atoms with Gasteiger partial charge in [-0.25, -0.2) is 9.97 Å². The number of Topliss-reactive ketones (excluding diaryl/α,β-unsaturated/α-hetero) is 2. The molecule has 6 nitrogen and oxygen atoms in total. The van der Waals surface area contributed by atoms with Crippen LogP contribution >= 0.6 is 11.8 Å². The molecule has 5 rings (SSSR count). The summed E-state index contributed by atoms with van der Waals surface area (Å²) >= 11 is 0.755. The van der Waals surface area contributed by atoms with Crippen molar-refractivity contribution in [2.75, 3.05) is 5.75 Å². The fourth-order valence-electron chi connectivity index (χ4n) is 7.31. The van der Waals surface area contributed by atoms with Gasteiger partial charge in [-0.2, -0.15) is 13.2 Å². The van der Waals surface area contributed by atoms with Crippen molar-refractivity contribution in [1.82, 2.24) is 9.97 Å². The Morgan fingerprint density at radius 3 is 2.72 bits per heavy atom. The molecule has 3 fully saturated rings. The van der Waals surface area contributed by atoms with E-state index in [1.165, 1.54) is 6.08 Å². The summed E-state index contributed by atoms with van der Waals surface area (Å²) in [6, 6.07) is 0.759. The molecule has 1 heterocycles. The predicted octanol–water partition coefficient (Wildman–Crippen LogP) is 4.37. The maximum absolute atomic E-state index is 13.6. The van der Waals surface area contributed by atoms with E-state index in [-0.39, 0.29) is 53.1 Å². The van der Waals surface area contributed by atoms with Crippen LogP contribution in [0.2, 0.25) is 0 Å². The highest BCUT2D eigenvalue weighted by atomic mass is 32.2. The summed E-state index contributed by atoms with van der Waals surface area (Å²) in [7, 11) is 0. The van der Waals surface area contributed by atoms with Crippen LogP contribution in [0.1, 0.15) is 51.6 Å². The van der Waals surface area contributed by atoms with Crippen LogP contribution in [0.25, 0.3) is 0 Å². The first kappa shape index (κ1) is 25.3. The molecular formula is C26H27F3N2O4S. The van der Waals surface area contributed by atoms with Gasteiger partial charge in [0.1, 0.15) is 17.1 Å². The second-order valence-electron chi connectivity index (χ2n) is 10.9. The van der Waals surface area contributed by atoms with E-state index in [0.717, 1.165) is 29.6 Å². The van der Waals surface area contributed by atoms with Gasteiger partial charge >= 0.3 is 6.18 Å². The standard InChI is InChI=1S/C26H27F3N2O4S/c1-23-8-5-15(32)11-14(23)3-4-16-17-6-9-25(35,24(17,2)12-18(33)21(16)23)20(34)13-36-22-30-10-7-19(31-22)26(27,28)29/h5,7-8,10-11,16-17,21,35H,3-4,6,9,12-13H2,1-2H3/t16?,17?,21?,23?,24?,25-/m0/s1.